The summed E-state index contributed by atoms with van der Waals surface area (Å²) in [6.07, 6.45) is 8.84. The molecule has 2 aromatic carbocycles. The predicted octanol–water partition coefficient (Wildman–Crippen LogP) is 4.83. The van der Waals surface area contributed by atoms with Gasteiger partial charge in [0.1, 0.15) is 12.4 Å². The van der Waals surface area contributed by atoms with E-state index in [4.69, 9.17) is 16.3 Å². The third-order valence-electron chi connectivity index (χ3n) is 4.69. The molecule has 0 bridgehead atoms. The standard InChI is InChI=1S/C22H19ClN2O2/c23-21-4-2-1-3-17(21)13-18-6-5-16-14-19(7-8-20(16)22(18)26)27-12-11-25-10-9-24-15-25/h1-4,7-10,13-15H,5-6,11-12H2/b18-13+. The van der Waals surface area contributed by atoms with E-state index in [-0.39, 0.29) is 5.78 Å². The van der Waals surface area contributed by atoms with Gasteiger partial charge in [-0.25, -0.2) is 4.98 Å². The molecule has 5 heteroatoms. The van der Waals surface area contributed by atoms with Crippen LogP contribution in [0.3, 0.4) is 0 Å². The van der Waals surface area contributed by atoms with Crippen LogP contribution in [0.2, 0.25) is 5.02 Å². The number of aryl methyl sites for hydroxylation is 1. The first kappa shape index (κ1) is 17.6. The van der Waals surface area contributed by atoms with E-state index < -0.39 is 0 Å². The lowest BCUT2D eigenvalue weighted by Gasteiger charge is -2.19. The summed E-state index contributed by atoms with van der Waals surface area (Å²) in [6.45, 7) is 1.29. The maximum atomic E-state index is 12.9. The number of halogens is 1. The highest BCUT2D eigenvalue weighted by Crippen LogP contribution is 2.30. The summed E-state index contributed by atoms with van der Waals surface area (Å²) < 4.78 is 7.79. The van der Waals surface area contributed by atoms with E-state index in [1.807, 2.05) is 59.3 Å². The van der Waals surface area contributed by atoms with Gasteiger partial charge in [-0.15, -0.1) is 0 Å². The molecular formula is C22H19ClN2O2. The van der Waals surface area contributed by atoms with E-state index in [1.165, 1.54) is 0 Å². The Morgan fingerprint density at radius 2 is 2.07 bits per heavy atom. The first-order valence-corrected chi connectivity index (χ1v) is 9.30. The SMILES string of the molecule is O=C1/C(=C/c2ccccc2Cl)CCc2cc(OCCn3ccnc3)ccc21. The Hall–Kier alpha value is -2.85. The second-order valence-electron chi connectivity index (χ2n) is 6.49. The Morgan fingerprint density at radius 1 is 1.19 bits per heavy atom. The molecule has 136 valence electrons. The van der Waals surface area contributed by atoms with Gasteiger partial charge in [0.15, 0.2) is 5.78 Å². The zero-order valence-corrected chi connectivity index (χ0v) is 15.5. The van der Waals surface area contributed by atoms with Gasteiger partial charge in [0.2, 0.25) is 0 Å². The highest BCUT2D eigenvalue weighted by atomic mass is 35.5. The van der Waals surface area contributed by atoms with Gasteiger partial charge < -0.3 is 9.30 Å². The van der Waals surface area contributed by atoms with Crippen molar-refractivity contribution in [3.05, 3.63) is 88.5 Å². The summed E-state index contributed by atoms with van der Waals surface area (Å²) >= 11 is 6.22. The zero-order valence-electron chi connectivity index (χ0n) is 14.8. The van der Waals surface area contributed by atoms with Crippen molar-refractivity contribution in [2.75, 3.05) is 6.61 Å². The van der Waals surface area contributed by atoms with Crippen LogP contribution in [-0.4, -0.2) is 21.9 Å². The molecule has 4 nitrogen and oxygen atoms in total. The molecule has 0 N–H and O–H groups in total. The number of rotatable bonds is 5. The zero-order chi connectivity index (χ0) is 18.6. The van der Waals surface area contributed by atoms with Crippen molar-refractivity contribution in [2.24, 2.45) is 0 Å². The Balaban J connectivity index is 1.48. The molecule has 0 amide bonds. The summed E-state index contributed by atoms with van der Waals surface area (Å²) in [4.78, 5) is 16.9. The number of aromatic nitrogens is 2. The van der Waals surface area contributed by atoms with Gasteiger partial charge in [-0.05, 0) is 54.3 Å². The smallest absolute Gasteiger partial charge is 0.189 e. The summed E-state index contributed by atoms with van der Waals surface area (Å²) in [7, 11) is 0. The first-order chi connectivity index (χ1) is 13.2. The number of fused-ring (bicyclic) bond motifs is 1. The molecule has 1 heterocycles. The minimum atomic E-state index is 0.0705. The van der Waals surface area contributed by atoms with E-state index in [9.17, 15) is 4.79 Å². The minimum Gasteiger partial charge on any atom is -0.492 e. The van der Waals surface area contributed by atoms with E-state index in [0.29, 0.717) is 18.1 Å². The Kier molecular flexibility index (Phi) is 5.07. The number of nitrogens with zero attached hydrogens (tertiary/aromatic N) is 2. The van der Waals surface area contributed by atoms with Crippen LogP contribution in [0.5, 0.6) is 5.75 Å². The number of ketones is 1. The molecule has 0 spiro atoms. The number of carbonyl (C=O) groups is 1. The van der Waals surface area contributed by atoms with Gasteiger partial charge in [-0.2, -0.15) is 0 Å². The largest absolute Gasteiger partial charge is 0.492 e. The van der Waals surface area contributed by atoms with Crippen LogP contribution < -0.4 is 4.74 Å². The number of carbonyl (C=O) groups excluding carboxylic acids is 1. The number of allylic oxidation sites excluding steroid dienone is 1. The van der Waals surface area contributed by atoms with Gasteiger partial charge in [-0.3, -0.25) is 4.79 Å². The molecule has 0 aliphatic heterocycles. The lowest BCUT2D eigenvalue weighted by molar-refractivity contribution is 0.102. The van der Waals surface area contributed by atoms with Crippen molar-refractivity contribution in [1.29, 1.82) is 0 Å². The summed E-state index contributed by atoms with van der Waals surface area (Å²) in [5, 5.41) is 0.658. The van der Waals surface area contributed by atoms with Gasteiger partial charge in [0, 0.05) is 28.6 Å². The molecule has 0 atom stereocenters. The highest BCUT2D eigenvalue weighted by molar-refractivity contribution is 6.32. The molecule has 0 unspecified atom stereocenters. The molecule has 0 saturated carbocycles. The Labute approximate surface area is 163 Å². The molecule has 4 rings (SSSR count). The number of Topliss-reactive ketones (excluding diaryl/α,β-unsaturated/α-hetero) is 1. The fourth-order valence-corrected chi connectivity index (χ4v) is 3.44. The number of benzene rings is 2. The molecule has 1 aliphatic rings. The molecule has 0 fully saturated rings. The lowest BCUT2D eigenvalue weighted by Crippen LogP contribution is -2.14. The van der Waals surface area contributed by atoms with E-state index in [0.717, 1.165) is 41.0 Å². The topological polar surface area (TPSA) is 44.1 Å². The van der Waals surface area contributed by atoms with Gasteiger partial charge >= 0.3 is 0 Å². The highest BCUT2D eigenvalue weighted by Gasteiger charge is 2.22. The molecule has 1 aromatic heterocycles. The average Bonchev–Trinajstić information content (AvgIpc) is 3.19. The lowest BCUT2D eigenvalue weighted by atomic mass is 9.86. The van der Waals surface area contributed by atoms with Crippen molar-refractivity contribution >= 4 is 23.5 Å². The monoisotopic (exact) mass is 378 g/mol. The van der Waals surface area contributed by atoms with Crippen LogP contribution in [0, 0.1) is 0 Å². The first-order valence-electron chi connectivity index (χ1n) is 8.92. The maximum Gasteiger partial charge on any atom is 0.189 e. The summed E-state index contributed by atoms with van der Waals surface area (Å²) in [6, 6.07) is 13.3. The van der Waals surface area contributed by atoms with Gasteiger partial charge in [0.25, 0.3) is 0 Å². The fourth-order valence-electron chi connectivity index (χ4n) is 3.25. The number of imidazole rings is 1. The number of ether oxygens (including phenoxy) is 1. The average molecular weight is 379 g/mol. The number of hydrogen-bond acceptors (Lipinski definition) is 3. The third-order valence-corrected chi connectivity index (χ3v) is 5.03. The maximum absolute atomic E-state index is 12.9. The van der Waals surface area contributed by atoms with Crippen molar-refractivity contribution in [2.45, 2.75) is 19.4 Å². The second-order valence-corrected chi connectivity index (χ2v) is 6.90. The molecule has 1 aliphatic carbocycles. The Morgan fingerprint density at radius 3 is 2.89 bits per heavy atom. The summed E-state index contributed by atoms with van der Waals surface area (Å²) in [5.74, 6) is 0.862. The van der Waals surface area contributed by atoms with Gasteiger partial charge in [0.05, 0.1) is 12.9 Å². The molecule has 0 saturated heterocycles. The van der Waals surface area contributed by atoms with Crippen LogP contribution in [0.15, 0.2) is 66.8 Å². The fraction of sp³-hybridized carbons (Fsp3) is 0.182. The van der Waals surface area contributed by atoms with Crippen LogP contribution in [-0.2, 0) is 13.0 Å². The van der Waals surface area contributed by atoms with Crippen molar-refractivity contribution in [1.82, 2.24) is 9.55 Å². The number of hydrogen-bond donors (Lipinski definition) is 0. The molecular weight excluding hydrogens is 360 g/mol. The minimum absolute atomic E-state index is 0.0705. The summed E-state index contributed by atoms with van der Waals surface area (Å²) in [5.41, 5.74) is 3.47. The molecule has 27 heavy (non-hydrogen) atoms. The van der Waals surface area contributed by atoms with Crippen LogP contribution >= 0.6 is 11.6 Å². The van der Waals surface area contributed by atoms with E-state index in [2.05, 4.69) is 4.98 Å². The van der Waals surface area contributed by atoms with Gasteiger partial charge in [-0.1, -0.05) is 29.8 Å². The van der Waals surface area contributed by atoms with E-state index in [1.54, 1.807) is 12.5 Å². The Bertz CT molecular complexity index is 993. The van der Waals surface area contributed by atoms with Crippen LogP contribution in [0.1, 0.15) is 27.9 Å². The van der Waals surface area contributed by atoms with E-state index >= 15 is 0 Å². The van der Waals surface area contributed by atoms with Crippen molar-refractivity contribution in [3.63, 3.8) is 0 Å². The van der Waals surface area contributed by atoms with Crippen LogP contribution in [0.25, 0.3) is 6.08 Å². The molecule has 3 aromatic rings. The predicted molar refractivity (Wildman–Crippen MR) is 106 cm³/mol. The normalized spacial score (nSPS) is 15.0. The van der Waals surface area contributed by atoms with Crippen LogP contribution in [0.4, 0.5) is 0 Å². The van der Waals surface area contributed by atoms with Crippen molar-refractivity contribution in [3.8, 4) is 5.75 Å². The van der Waals surface area contributed by atoms with Crippen molar-refractivity contribution < 1.29 is 9.53 Å². The second kappa shape index (κ2) is 7.80. The molecule has 0 radical (unpaired) electrons. The quantitative estimate of drug-likeness (QED) is 0.597. The third kappa shape index (κ3) is 3.96.